The van der Waals surface area contributed by atoms with Gasteiger partial charge in [-0.1, -0.05) is 0 Å². The van der Waals surface area contributed by atoms with E-state index in [4.69, 9.17) is 9.47 Å². The normalized spacial score (nSPS) is 17.3. The largest absolute Gasteiger partial charge is 0.497 e. The summed E-state index contributed by atoms with van der Waals surface area (Å²) in [5, 5.41) is 3.22. The van der Waals surface area contributed by atoms with E-state index in [1.54, 1.807) is 55.9 Å². The van der Waals surface area contributed by atoms with Crippen LogP contribution in [-0.2, 0) is 10.0 Å². The van der Waals surface area contributed by atoms with Gasteiger partial charge in [-0.25, -0.2) is 8.42 Å². The van der Waals surface area contributed by atoms with E-state index in [1.807, 2.05) is 0 Å². The predicted molar refractivity (Wildman–Crippen MR) is 108 cm³/mol. The summed E-state index contributed by atoms with van der Waals surface area (Å²) in [5.74, 6) is 1.24. The number of pyridine rings is 1. The second-order valence-corrected chi connectivity index (χ2v) is 7.54. The van der Waals surface area contributed by atoms with E-state index in [0.717, 1.165) is 0 Å². The summed E-state index contributed by atoms with van der Waals surface area (Å²) in [7, 11) is -2.05. The molecule has 1 saturated heterocycles. The molecule has 0 bridgehead atoms. The predicted octanol–water partition coefficient (Wildman–Crippen LogP) is 1.98. The van der Waals surface area contributed by atoms with E-state index in [-0.39, 0.29) is 42.4 Å². The van der Waals surface area contributed by atoms with Crippen molar-refractivity contribution in [1.29, 1.82) is 0 Å². The molecule has 0 spiro atoms. The Morgan fingerprint density at radius 3 is 2.56 bits per heavy atom. The van der Waals surface area contributed by atoms with Gasteiger partial charge in [-0.15, -0.1) is 24.8 Å². The monoisotopic (exact) mass is 435 g/mol. The highest BCUT2D eigenvalue weighted by molar-refractivity contribution is 7.89. The van der Waals surface area contributed by atoms with E-state index < -0.39 is 10.0 Å². The first kappa shape index (κ1) is 23.5. The maximum atomic E-state index is 13.0. The van der Waals surface area contributed by atoms with E-state index in [0.29, 0.717) is 31.1 Å². The number of hydrogen-bond donors (Lipinski definition) is 1. The number of hydrogen-bond acceptors (Lipinski definition) is 6. The third-order valence-corrected chi connectivity index (χ3v) is 6.01. The summed E-state index contributed by atoms with van der Waals surface area (Å²) >= 11 is 0. The van der Waals surface area contributed by atoms with Crippen molar-refractivity contribution < 1.29 is 17.9 Å². The number of ether oxygens (including phenoxy) is 2. The van der Waals surface area contributed by atoms with Crippen LogP contribution in [0, 0.1) is 0 Å². The SMILES string of the molecule is COc1ccc(S(=O)(=O)N2CCNCC2COc2cccnc2)cc1.Cl.Cl. The second kappa shape index (κ2) is 10.7. The summed E-state index contributed by atoms with van der Waals surface area (Å²) in [5.41, 5.74) is 0. The Morgan fingerprint density at radius 2 is 1.93 bits per heavy atom. The van der Waals surface area contributed by atoms with Gasteiger partial charge in [0.2, 0.25) is 10.0 Å². The van der Waals surface area contributed by atoms with Crippen molar-refractivity contribution in [2.75, 3.05) is 33.4 Å². The number of piperazine rings is 1. The molecule has 1 aromatic heterocycles. The van der Waals surface area contributed by atoms with Crippen molar-refractivity contribution in [2.45, 2.75) is 10.9 Å². The number of aromatic nitrogens is 1. The van der Waals surface area contributed by atoms with Gasteiger partial charge in [0.15, 0.2) is 0 Å². The quantitative estimate of drug-likeness (QED) is 0.746. The fourth-order valence-electron chi connectivity index (χ4n) is 2.71. The fraction of sp³-hybridized carbons (Fsp3) is 0.353. The lowest BCUT2D eigenvalue weighted by Crippen LogP contribution is -2.55. The average molecular weight is 436 g/mol. The molecule has 27 heavy (non-hydrogen) atoms. The van der Waals surface area contributed by atoms with Crippen molar-refractivity contribution in [3.05, 3.63) is 48.8 Å². The lowest BCUT2D eigenvalue weighted by Gasteiger charge is -2.34. The minimum Gasteiger partial charge on any atom is -0.497 e. The van der Waals surface area contributed by atoms with Crippen molar-refractivity contribution in [3.8, 4) is 11.5 Å². The number of rotatable bonds is 6. The molecule has 2 heterocycles. The number of benzene rings is 1. The van der Waals surface area contributed by atoms with Crippen LogP contribution in [0.3, 0.4) is 0 Å². The zero-order valence-corrected chi connectivity index (χ0v) is 17.2. The molecule has 150 valence electrons. The summed E-state index contributed by atoms with van der Waals surface area (Å²) in [6.45, 7) is 1.80. The van der Waals surface area contributed by atoms with Gasteiger partial charge in [-0.3, -0.25) is 4.98 Å². The molecule has 0 amide bonds. The Morgan fingerprint density at radius 1 is 1.19 bits per heavy atom. The molecule has 7 nitrogen and oxygen atoms in total. The first-order valence-electron chi connectivity index (χ1n) is 8.01. The third kappa shape index (κ3) is 5.70. The third-order valence-electron chi connectivity index (χ3n) is 4.04. The molecule has 1 fully saturated rings. The van der Waals surface area contributed by atoms with Crippen LogP contribution in [0.1, 0.15) is 0 Å². The molecule has 10 heteroatoms. The van der Waals surface area contributed by atoms with Crippen LogP contribution in [0.25, 0.3) is 0 Å². The van der Waals surface area contributed by atoms with E-state index in [1.165, 1.54) is 4.31 Å². The highest BCUT2D eigenvalue weighted by Gasteiger charge is 2.34. The van der Waals surface area contributed by atoms with Gasteiger partial charge in [0.05, 0.1) is 24.2 Å². The van der Waals surface area contributed by atoms with Gasteiger partial charge in [-0.05, 0) is 36.4 Å². The Bertz CT molecular complexity index is 792. The second-order valence-electron chi connectivity index (χ2n) is 5.65. The number of methoxy groups -OCH3 is 1. The molecule has 0 radical (unpaired) electrons. The number of nitrogens with one attached hydrogen (secondary N) is 1. The van der Waals surface area contributed by atoms with E-state index in [2.05, 4.69) is 10.3 Å². The van der Waals surface area contributed by atoms with Crippen LogP contribution in [-0.4, -0.2) is 57.1 Å². The first-order chi connectivity index (χ1) is 12.1. The number of halogens is 2. The molecule has 0 aliphatic carbocycles. The van der Waals surface area contributed by atoms with E-state index in [9.17, 15) is 8.42 Å². The Labute approximate surface area is 171 Å². The van der Waals surface area contributed by atoms with Gasteiger partial charge in [0.25, 0.3) is 0 Å². The maximum Gasteiger partial charge on any atom is 0.243 e. The zero-order valence-electron chi connectivity index (χ0n) is 14.8. The summed E-state index contributed by atoms with van der Waals surface area (Å²) in [6, 6.07) is 9.71. The molecular weight excluding hydrogens is 413 g/mol. The zero-order chi connectivity index (χ0) is 17.7. The summed E-state index contributed by atoms with van der Waals surface area (Å²) in [6.07, 6.45) is 3.27. The first-order valence-corrected chi connectivity index (χ1v) is 9.45. The fourth-order valence-corrected chi connectivity index (χ4v) is 4.32. The number of nitrogens with zero attached hydrogens (tertiary/aromatic N) is 2. The van der Waals surface area contributed by atoms with Gasteiger partial charge < -0.3 is 14.8 Å². The minimum atomic E-state index is -3.60. The highest BCUT2D eigenvalue weighted by atomic mass is 35.5. The smallest absolute Gasteiger partial charge is 0.243 e. The molecular formula is C17H23Cl2N3O4S. The van der Waals surface area contributed by atoms with Crippen molar-refractivity contribution >= 4 is 34.8 Å². The molecule has 0 saturated carbocycles. The summed E-state index contributed by atoms with van der Waals surface area (Å²) < 4.78 is 38.3. The van der Waals surface area contributed by atoms with Crippen LogP contribution >= 0.6 is 24.8 Å². The number of sulfonamides is 1. The van der Waals surface area contributed by atoms with Crippen molar-refractivity contribution in [2.24, 2.45) is 0 Å². The molecule has 1 aliphatic rings. The van der Waals surface area contributed by atoms with Gasteiger partial charge in [-0.2, -0.15) is 4.31 Å². The molecule has 1 aromatic carbocycles. The van der Waals surface area contributed by atoms with E-state index >= 15 is 0 Å². The summed E-state index contributed by atoms with van der Waals surface area (Å²) in [4.78, 5) is 4.25. The lowest BCUT2D eigenvalue weighted by molar-refractivity contribution is 0.179. The maximum absolute atomic E-state index is 13.0. The van der Waals surface area contributed by atoms with Crippen molar-refractivity contribution in [3.63, 3.8) is 0 Å². The van der Waals surface area contributed by atoms with Crippen LogP contribution in [0.15, 0.2) is 53.7 Å². The molecule has 1 unspecified atom stereocenters. The van der Waals surface area contributed by atoms with Crippen molar-refractivity contribution in [1.82, 2.24) is 14.6 Å². The van der Waals surface area contributed by atoms with Gasteiger partial charge >= 0.3 is 0 Å². The molecule has 2 aromatic rings. The van der Waals surface area contributed by atoms with Crippen LogP contribution in [0.5, 0.6) is 11.5 Å². The van der Waals surface area contributed by atoms with Crippen LogP contribution in [0.4, 0.5) is 0 Å². The lowest BCUT2D eigenvalue weighted by atomic mass is 10.2. The van der Waals surface area contributed by atoms with Gasteiger partial charge in [0, 0.05) is 25.8 Å². The highest BCUT2D eigenvalue weighted by Crippen LogP contribution is 2.22. The molecule has 1 atom stereocenters. The Kier molecular flexibility index (Phi) is 9.28. The Balaban J connectivity index is 0.00000182. The molecule has 1 N–H and O–H groups in total. The molecule has 3 rings (SSSR count). The average Bonchev–Trinajstić information content (AvgIpc) is 2.67. The Hall–Kier alpha value is -1.58. The topological polar surface area (TPSA) is 80.8 Å². The van der Waals surface area contributed by atoms with Crippen LogP contribution < -0.4 is 14.8 Å². The minimum absolute atomic E-state index is 0. The van der Waals surface area contributed by atoms with Gasteiger partial charge in [0.1, 0.15) is 18.1 Å². The standard InChI is InChI=1S/C17H21N3O4S.2ClH/c1-23-15-4-6-17(7-5-15)25(21,22)20-10-9-19-11-14(20)13-24-16-3-2-8-18-12-16;;/h2-8,12,14,19H,9-11,13H2,1H3;2*1H. The molecule has 1 aliphatic heterocycles. The van der Waals surface area contributed by atoms with Crippen LogP contribution in [0.2, 0.25) is 0 Å².